The van der Waals surface area contributed by atoms with Gasteiger partial charge in [0.25, 0.3) is 0 Å². The number of hydrogen-bond acceptors (Lipinski definition) is 9. The summed E-state index contributed by atoms with van der Waals surface area (Å²) in [6.45, 7) is 24.0. The minimum Gasteiger partial charge on any atom is -0.388 e. The molecule has 2 aliphatic heterocycles. The summed E-state index contributed by atoms with van der Waals surface area (Å²) in [5, 5.41) is 10.8. The van der Waals surface area contributed by atoms with Crippen LogP contribution in [-0.4, -0.2) is 80.9 Å². The van der Waals surface area contributed by atoms with Crippen molar-refractivity contribution < 1.29 is 15.5 Å². The molecule has 5 heterocycles. The first kappa shape index (κ1) is 37.0. The van der Waals surface area contributed by atoms with E-state index in [1.54, 1.807) is 25.6 Å². The van der Waals surface area contributed by atoms with E-state index in [4.69, 9.17) is 4.52 Å². The van der Waals surface area contributed by atoms with Crippen LogP contribution in [0.5, 0.6) is 0 Å². The number of ether oxygens (including phenoxy) is 1. The molecule has 1 fully saturated rings. The van der Waals surface area contributed by atoms with Crippen LogP contribution < -0.4 is 10.6 Å². The second-order valence-electron chi connectivity index (χ2n) is 10.6. The van der Waals surface area contributed by atoms with Crippen LogP contribution in [0.4, 0.5) is 0 Å². The molecule has 0 aromatic carbocycles. The molecule has 1 amide bonds. The van der Waals surface area contributed by atoms with Gasteiger partial charge < -0.3 is 24.8 Å². The zero-order chi connectivity index (χ0) is 32.6. The van der Waals surface area contributed by atoms with E-state index in [-0.39, 0.29) is 1.43 Å². The zero-order valence-electron chi connectivity index (χ0n) is 28.0. The van der Waals surface area contributed by atoms with Crippen molar-refractivity contribution in [1.82, 2.24) is 25.6 Å². The van der Waals surface area contributed by atoms with E-state index in [9.17, 15) is 4.79 Å². The first-order valence-corrected chi connectivity index (χ1v) is 16.8. The number of hydrogen-bond donors (Lipinski definition) is 2. The van der Waals surface area contributed by atoms with Crippen LogP contribution in [0.2, 0.25) is 0 Å². The predicted octanol–water partition coefficient (Wildman–Crippen LogP) is 7.06. The molecule has 0 radical (unpaired) electrons. The molecule has 1 atom stereocenters. The molecule has 3 aromatic rings. The number of amides is 1. The maximum atomic E-state index is 10.8. The summed E-state index contributed by atoms with van der Waals surface area (Å²) in [4.78, 5) is 20.2. The summed E-state index contributed by atoms with van der Waals surface area (Å²) in [5.41, 5.74) is 5.54. The lowest BCUT2D eigenvalue weighted by Crippen LogP contribution is -2.49. The van der Waals surface area contributed by atoms with Crippen molar-refractivity contribution in [3.8, 4) is 10.6 Å². The first-order chi connectivity index (χ1) is 21.1. The molecule has 0 unspecified atom stereocenters. The minimum absolute atomic E-state index is 0. The molecule has 0 aliphatic carbocycles. The van der Waals surface area contributed by atoms with Crippen molar-refractivity contribution in [2.45, 2.75) is 54.5 Å². The molecule has 44 heavy (non-hydrogen) atoms. The lowest BCUT2D eigenvalue weighted by molar-refractivity contribution is -0.119. The third-order valence-electron chi connectivity index (χ3n) is 6.66. The lowest BCUT2D eigenvalue weighted by atomic mass is 10.1. The van der Waals surface area contributed by atoms with Crippen LogP contribution >= 0.6 is 22.7 Å². The molecule has 2 aliphatic rings. The molecule has 0 saturated carbocycles. The van der Waals surface area contributed by atoms with Crippen LogP contribution in [0.3, 0.4) is 0 Å². The quantitative estimate of drug-likeness (QED) is 0.255. The van der Waals surface area contributed by atoms with Gasteiger partial charge in [0.2, 0.25) is 6.41 Å². The van der Waals surface area contributed by atoms with E-state index < -0.39 is 0 Å². The van der Waals surface area contributed by atoms with E-state index >= 15 is 0 Å². The van der Waals surface area contributed by atoms with Gasteiger partial charge in [0.05, 0.1) is 22.0 Å². The summed E-state index contributed by atoms with van der Waals surface area (Å²) in [6.07, 6.45) is 5.39. The standard InChI is InChI=1S/C21H30N4OS.C9H9NOS.C2H6O.C2H6.H2/c1-15-11-17(3)27-21(15)19-5-6-22-20(12-19)18(4)23-16(2)13-24-7-9-25(14-26)10-8-24;1-6-5-8(11-10-6)9-4-3-7(2)12-9;1-3-2;1-2;/h5,11-12,14,16,22-23H,4,6-10,13H2,1-3H3;3-5H,1-2H3;1-2H3;1-2H3;1H/t16-;;;;/m0..../s1. The van der Waals surface area contributed by atoms with Gasteiger partial charge in [0, 0.05) is 81.7 Å². The maximum Gasteiger partial charge on any atom is 0.209 e. The van der Waals surface area contributed by atoms with Crippen molar-refractivity contribution in [2.24, 2.45) is 0 Å². The van der Waals surface area contributed by atoms with E-state index in [1.807, 2.05) is 43.1 Å². The van der Waals surface area contributed by atoms with Crippen molar-refractivity contribution >= 4 is 34.7 Å². The third-order valence-corrected chi connectivity index (χ3v) is 8.88. The SMILES string of the molecule is C=C(N[C@@H](C)CN1CCN(C=O)CC1)C1=CC(c2sc(C)cc2C)=CCN1.CC.COC.Cc1cc(-c2ccc(C)s2)on1.[HH]. The number of nitrogens with one attached hydrogen (secondary N) is 2. The van der Waals surface area contributed by atoms with Gasteiger partial charge in [-0.25, -0.2) is 0 Å². The number of allylic oxidation sites excluding steroid dienone is 2. The molecule has 0 spiro atoms. The van der Waals surface area contributed by atoms with Crippen LogP contribution in [0.15, 0.2) is 58.9 Å². The third kappa shape index (κ3) is 11.7. The average molecular weight is 644 g/mol. The number of thiophene rings is 2. The lowest BCUT2D eigenvalue weighted by Gasteiger charge is -2.34. The number of piperazine rings is 1. The Morgan fingerprint density at radius 3 is 2.34 bits per heavy atom. The molecule has 1 saturated heterocycles. The Kier molecular flexibility index (Phi) is 16.2. The number of carbonyl (C=O) groups is 1. The van der Waals surface area contributed by atoms with Crippen molar-refractivity contribution in [3.05, 3.63) is 80.3 Å². The second-order valence-corrected chi connectivity index (χ2v) is 13.1. The number of aromatic nitrogens is 1. The fourth-order valence-corrected chi connectivity index (χ4v) is 6.58. The monoisotopic (exact) mass is 643 g/mol. The Morgan fingerprint density at radius 2 is 1.82 bits per heavy atom. The van der Waals surface area contributed by atoms with Crippen LogP contribution in [0.25, 0.3) is 16.2 Å². The molecular formula is C34H53N5O3S2. The van der Waals surface area contributed by atoms with Gasteiger partial charge in [-0.2, -0.15) is 0 Å². The van der Waals surface area contributed by atoms with E-state index in [0.29, 0.717) is 6.04 Å². The fourth-order valence-electron chi connectivity index (χ4n) is 4.72. The minimum atomic E-state index is 0. The number of dihydropyridines is 1. The molecule has 2 N–H and O–H groups in total. The maximum absolute atomic E-state index is 10.8. The Morgan fingerprint density at radius 1 is 1.14 bits per heavy atom. The number of methoxy groups -OCH3 is 1. The van der Waals surface area contributed by atoms with E-state index in [2.05, 4.69) is 90.1 Å². The van der Waals surface area contributed by atoms with Gasteiger partial charge in [-0.15, -0.1) is 22.7 Å². The molecule has 3 aromatic heterocycles. The topological polar surface area (TPSA) is 82.9 Å². The number of carbonyl (C=O) groups excluding carboxylic acids is 1. The molecule has 0 bridgehead atoms. The molecule has 5 rings (SSSR count). The summed E-state index contributed by atoms with van der Waals surface area (Å²) >= 11 is 3.57. The summed E-state index contributed by atoms with van der Waals surface area (Å²) < 4.78 is 9.37. The van der Waals surface area contributed by atoms with Gasteiger partial charge >= 0.3 is 0 Å². The molecular weight excluding hydrogens is 591 g/mol. The molecule has 10 heteroatoms. The van der Waals surface area contributed by atoms with Crippen molar-refractivity contribution in [3.63, 3.8) is 0 Å². The Balaban J connectivity index is 0.000000467. The smallest absolute Gasteiger partial charge is 0.209 e. The van der Waals surface area contributed by atoms with E-state index in [0.717, 1.165) is 73.4 Å². The van der Waals surface area contributed by atoms with Crippen molar-refractivity contribution in [1.29, 1.82) is 0 Å². The first-order valence-electron chi connectivity index (χ1n) is 15.1. The zero-order valence-corrected chi connectivity index (χ0v) is 29.6. The van der Waals surface area contributed by atoms with Gasteiger partial charge in [-0.05, 0) is 70.0 Å². The van der Waals surface area contributed by atoms with Crippen LogP contribution in [-0.2, 0) is 9.53 Å². The Hall–Kier alpha value is -3.18. The van der Waals surface area contributed by atoms with Crippen LogP contribution in [0, 0.1) is 27.7 Å². The van der Waals surface area contributed by atoms with Crippen LogP contribution in [0.1, 0.15) is 48.1 Å². The molecule has 8 nitrogen and oxygen atoms in total. The highest BCUT2D eigenvalue weighted by molar-refractivity contribution is 7.15. The Labute approximate surface area is 274 Å². The van der Waals surface area contributed by atoms with Gasteiger partial charge in [-0.1, -0.05) is 31.7 Å². The highest BCUT2D eigenvalue weighted by atomic mass is 32.1. The van der Waals surface area contributed by atoms with Gasteiger partial charge in [0.15, 0.2) is 5.76 Å². The van der Waals surface area contributed by atoms with Gasteiger partial charge in [0.1, 0.15) is 0 Å². The van der Waals surface area contributed by atoms with E-state index in [1.165, 1.54) is 25.8 Å². The fraction of sp³-hybridized carbons (Fsp3) is 0.471. The average Bonchev–Trinajstić information content (AvgIpc) is 3.74. The Bertz CT molecular complexity index is 1330. The largest absolute Gasteiger partial charge is 0.388 e. The normalized spacial score (nSPS) is 15.1. The predicted molar refractivity (Wildman–Crippen MR) is 189 cm³/mol. The number of rotatable bonds is 8. The van der Waals surface area contributed by atoms with Gasteiger partial charge in [-0.3, -0.25) is 9.69 Å². The summed E-state index contributed by atoms with van der Waals surface area (Å²) in [7, 11) is 3.25. The summed E-state index contributed by atoms with van der Waals surface area (Å²) in [5.74, 6) is 0.866. The number of nitrogens with zero attached hydrogens (tertiary/aromatic N) is 3. The van der Waals surface area contributed by atoms with Crippen molar-refractivity contribution in [2.75, 3.05) is 53.5 Å². The highest BCUT2D eigenvalue weighted by Crippen LogP contribution is 2.31. The number of aryl methyl sites for hydroxylation is 4. The highest BCUT2D eigenvalue weighted by Gasteiger charge is 2.19. The second kappa shape index (κ2) is 19.3. The molecule has 244 valence electrons. The summed E-state index contributed by atoms with van der Waals surface area (Å²) in [6, 6.07) is 8.63.